The van der Waals surface area contributed by atoms with Crippen molar-refractivity contribution in [1.29, 1.82) is 0 Å². The maximum absolute atomic E-state index is 12.1. The third kappa shape index (κ3) is 4.89. The number of esters is 1. The highest BCUT2D eigenvalue weighted by molar-refractivity contribution is 5.90. The zero-order chi connectivity index (χ0) is 21.8. The fraction of sp³-hybridized carbons (Fsp3) is 0.353. The summed E-state index contributed by atoms with van der Waals surface area (Å²) >= 11 is 0. The molecule has 2 N–H and O–H groups in total. The van der Waals surface area contributed by atoms with Crippen LogP contribution in [0, 0.1) is 0 Å². The van der Waals surface area contributed by atoms with Gasteiger partial charge in [-0.3, -0.25) is 4.68 Å². The van der Waals surface area contributed by atoms with E-state index in [1.807, 2.05) is 12.3 Å². The lowest BCUT2D eigenvalue weighted by Crippen LogP contribution is -2.37. The summed E-state index contributed by atoms with van der Waals surface area (Å²) in [5.74, 6) is -3.08. The maximum atomic E-state index is 12.1. The molecule has 0 saturated carbocycles. The van der Waals surface area contributed by atoms with Gasteiger partial charge in [0.2, 0.25) is 0 Å². The first-order valence-corrected chi connectivity index (χ1v) is 8.29. The second kappa shape index (κ2) is 8.29. The maximum Gasteiger partial charge on any atom is 0.490 e. The van der Waals surface area contributed by atoms with Crippen LogP contribution >= 0.6 is 0 Å². The summed E-state index contributed by atoms with van der Waals surface area (Å²) in [6, 6.07) is 1.92. The van der Waals surface area contributed by atoms with Gasteiger partial charge in [0.15, 0.2) is 5.54 Å². The molecule has 0 saturated heterocycles. The van der Waals surface area contributed by atoms with Gasteiger partial charge >= 0.3 is 18.1 Å². The number of nitrogens with zero attached hydrogens (tertiary/aromatic N) is 4. The molecule has 0 fully saturated rings. The molecule has 0 aliphatic heterocycles. The summed E-state index contributed by atoms with van der Waals surface area (Å²) in [4.78, 5) is 32.5. The van der Waals surface area contributed by atoms with E-state index >= 15 is 0 Å². The highest BCUT2D eigenvalue weighted by Crippen LogP contribution is 2.26. The van der Waals surface area contributed by atoms with Gasteiger partial charge in [0.05, 0.1) is 18.5 Å². The first-order chi connectivity index (χ1) is 13.5. The number of aliphatic carboxylic acids is 1. The van der Waals surface area contributed by atoms with E-state index in [2.05, 4.69) is 20.1 Å². The zero-order valence-electron chi connectivity index (χ0n) is 15.7. The first kappa shape index (κ1) is 21.9. The van der Waals surface area contributed by atoms with Crippen LogP contribution in [-0.2, 0) is 19.9 Å². The monoisotopic (exact) mass is 413 g/mol. The van der Waals surface area contributed by atoms with Crippen molar-refractivity contribution < 1.29 is 32.6 Å². The number of aromatic amines is 1. The van der Waals surface area contributed by atoms with Crippen molar-refractivity contribution in [1.82, 2.24) is 24.7 Å². The first-order valence-electron chi connectivity index (χ1n) is 8.29. The SMILES string of the molecule is CCOC(=O)C(C)(C)n1cc(-c2ncnc3[nH]ccc23)cn1.O=C(O)C(F)(F)F. The smallest absolute Gasteiger partial charge is 0.475 e. The Kier molecular flexibility index (Phi) is 6.25. The number of hydrogen-bond donors (Lipinski definition) is 2. The predicted molar refractivity (Wildman–Crippen MR) is 94.8 cm³/mol. The van der Waals surface area contributed by atoms with Gasteiger partial charge < -0.3 is 14.8 Å². The van der Waals surface area contributed by atoms with Crippen molar-refractivity contribution in [2.75, 3.05) is 6.61 Å². The summed E-state index contributed by atoms with van der Waals surface area (Å²) in [5, 5.41) is 12.3. The molecule has 0 amide bonds. The summed E-state index contributed by atoms with van der Waals surface area (Å²) in [5.41, 5.74) is 1.49. The van der Waals surface area contributed by atoms with Crippen molar-refractivity contribution in [3.05, 3.63) is 31.0 Å². The van der Waals surface area contributed by atoms with Crippen LogP contribution in [-0.4, -0.2) is 54.6 Å². The lowest BCUT2D eigenvalue weighted by molar-refractivity contribution is -0.192. The summed E-state index contributed by atoms with van der Waals surface area (Å²) < 4.78 is 38.4. The van der Waals surface area contributed by atoms with Gasteiger partial charge in [-0.25, -0.2) is 19.6 Å². The molecular weight excluding hydrogens is 395 g/mol. The molecule has 0 bridgehead atoms. The average molecular weight is 413 g/mol. The minimum Gasteiger partial charge on any atom is -0.475 e. The topological polar surface area (TPSA) is 123 Å². The molecule has 0 unspecified atom stereocenters. The second-order valence-corrected chi connectivity index (χ2v) is 6.22. The quantitative estimate of drug-likeness (QED) is 0.631. The van der Waals surface area contributed by atoms with Gasteiger partial charge in [-0.15, -0.1) is 0 Å². The van der Waals surface area contributed by atoms with E-state index < -0.39 is 17.7 Å². The minimum atomic E-state index is -5.08. The van der Waals surface area contributed by atoms with Crippen LogP contribution in [0.3, 0.4) is 0 Å². The number of rotatable bonds is 4. The van der Waals surface area contributed by atoms with Gasteiger partial charge in [0.25, 0.3) is 0 Å². The number of ether oxygens (including phenoxy) is 1. The molecule has 156 valence electrons. The number of alkyl halides is 3. The summed E-state index contributed by atoms with van der Waals surface area (Å²) in [7, 11) is 0. The highest BCUT2D eigenvalue weighted by atomic mass is 19.4. The molecule has 12 heteroatoms. The number of carbonyl (C=O) groups excluding carboxylic acids is 1. The number of aromatic nitrogens is 5. The highest BCUT2D eigenvalue weighted by Gasteiger charge is 2.38. The van der Waals surface area contributed by atoms with Crippen molar-refractivity contribution in [3.63, 3.8) is 0 Å². The molecule has 3 aromatic heterocycles. The van der Waals surface area contributed by atoms with Crippen LogP contribution in [0.15, 0.2) is 31.0 Å². The fourth-order valence-electron chi connectivity index (χ4n) is 2.25. The van der Waals surface area contributed by atoms with E-state index in [9.17, 15) is 18.0 Å². The van der Waals surface area contributed by atoms with Crippen molar-refractivity contribution in [2.24, 2.45) is 0 Å². The molecule has 0 radical (unpaired) electrons. The van der Waals surface area contributed by atoms with Gasteiger partial charge in [0.1, 0.15) is 12.0 Å². The molecule has 0 aromatic carbocycles. The zero-order valence-corrected chi connectivity index (χ0v) is 15.7. The molecule has 3 aromatic rings. The van der Waals surface area contributed by atoms with Crippen LogP contribution in [0.25, 0.3) is 22.3 Å². The third-order valence-electron chi connectivity index (χ3n) is 3.80. The van der Waals surface area contributed by atoms with E-state index in [1.54, 1.807) is 37.8 Å². The number of nitrogens with one attached hydrogen (secondary N) is 1. The number of hydrogen-bond acceptors (Lipinski definition) is 6. The number of H-pyrrole nitrogens is 1. The summed E-state index contributed by atoms with van der Waals surface area (Å²) in [6.45, 7) is 5.67. The van der Waals surface area contributed by atoms with Gasteiger partial charge in [-0.05, 0) is 26.8 Å². The van der Waals surface area contributed by atoms with Gasteiger partial charge in [-0.1, -0.05) is 0 Å². The van der Waals surface area contributed by atoms with Crippen molar-refractivity contribution in [3.8, 4) is 11.3 Å². The standard InChI is InChI=1S/C15H17N5O2.C2HF3O2/c1-4-22-14(21)15(2,3)20-8-10(7-19-20)12-11-5-6-16-13(11)18-9-17-12;3-2(4,5)1(6)7/h5-9H,4H2,1-3H3,(H,16,17,18);(H,6,7). The number of carboxylic acid groups (broad SMARTS) is 1. The Bertz CT molecular complexity index is 1010. The molecule has 29 heavy (non-hydrogen) atoms. The van der Waals surface area contributed by atoms with Gasteiger partial charge in [0, 0.05) is 23.3 Å². The lowest BCUT2D eigenvalue weighted by Gasteiger charge is -2.22. The van der Waals surface area contributed by atoms with Crippen molar-refractivity contribution in [2.45, 2.75) is 32.5 Å². The number of halogens is 3. The molecule has 0 atom stereocenters. The Hall–Kier alpha value is -3.44. The number of fused-ring (bicyclic) bond motifs is 1. The molecule has 0 aliphatic carbocycles. The molecule has 0 spiro atoms. The molecule has 3 rings (SSSR count). The number of carbonyl (C=O) groups is 2. The Morgan fingerprint density at radius 3 is 2.52 bits per heavy atom. The van der Waals surface area contributed by atoms with E-state index in [4.69, 9.17) is 14.6 Å². The Morgan fingerprint density at radius 2 is 1.93 bits per heavy atom. The van der Waals surface area contributed by atoms with E-state index in [1.165, 1.54) is 6.33 Å². The lowest BCUT2D eigenvalue weighted by atomic mass is 10.1. The molecule has 3 heterocycles. The normalized spacial score (nSPS) is 11.7. The van der Waals surface area contributed by atoms with E-state index in [0.29, 0.717) is 6.61 Å². The van der Waals surface area contributed by atoms with E-state index in [0.717, 1.165) is 22.3 Å². The predicted octanol–water partition coefficient (Wildman–Crippen LogP) is 2.75. The second-order valence-electron chi connectivity index (χ2n) is 6.22. The average Bonchev–Trinajstić information content (AvgIpc) is 3.31. The molecule has 9 nitrogen and oxygen atoms in total. The minimum absolute atomic E-state index is 0.320. The van der Waals surface area contributed by atoms with E-state index in [-0.39, 0.29) is 5.97 Å². The van der Waals surface area contributed by atoms with Crippen LogP contribution in [0.1, 0.15) is 20.8 Å². The fourth-order valence-corrected chi connectivity index (χ4v) is 2.25. The molecule has 0 aliphatic rings. The van der Waals surface area contributed by atoms with Crippen LogP contribution in [0.2, 0.25) is 0 Å². The third-order valence-corrected chi connectivity index (χ3v) is 3.80. The van der Waals surface area contributed by atoms with Crippen LogP contribution in [0.4, 0.5) is 13.2 Å². The van der Waals surface area contributed by atoms with Crippen LogP contribution < -0.4 is 0 Å². The largest absolute Gasteiger partial charge is 0.490 e. The molecular formula is C17H18F3N5O4. The van der Waals surface area contributed by atoms with Gasteiger partial charge in [-0.2, -0.15) is 18.3 Å². The summed E-state index contributed by atoms with van der Waals surface area (Å²) in [6.07, 6.45) is 1.72. The Morgan fingerprint density at radius 1 is 1.28 bits per heavy atom. The Balaban J connectivity index is 0.000000370. The Labute approximate surface area is 162 Å². The van der Waals surface area contributed by atoms with Crippen LogP contribution in [0.5, 0.6) is 0 Å². The van der Waals surface area contributed by atoms with Crippen molar-refractivity contribution >= 4 is 23.0 Å². The number of carboxylic acids is 1.